The zero-order valence-electron chi connectivity index (χ0n) is 12.3. The zero-order chi connectivity index (χ0) is 16.4. The fourth-order valence-electron chi connectivity index (χ4n) is 2.26. The number of nitro benzene ring substituents is 1. The Hall–Kier alpha value is -3.22. The molecule has 0 unspecified atom stereocenters. The van der Waals surface area contributed by atoms with Gasteiger partial charge in [-0.15, -0.1) is 0 Å². The van der Waals surface area contributed by atoms with E-state index in [1.807, 2.05) is 0 Å². The number of hydrogen-bond donors (Lipinski definition) is 0. The second-order valence-electron chi connectivity index (χ2n) is 5.01. The van der Waals surface area contributed by atoms with E-state index >= 15 is 0 Å². The van der Waals surface area contributed by atoms with E-state index in [1.54, 1.807) is 37.4 Å². The van der Waals surface area contributed by atoms with Crippen LogP contribution < -0.4 is 10.3 Å². The van der Waals surface area contributed by atoms with Gasteiger partial charge in [-0.05, 0) is 31.2 Å². The smallest absolute Gasteiger partial charge is 0.272 e. The highest BCUT2D eigenvalue weighted by Crippen LogP contribution is 2.23. The molecule has 0 saturated carbocycles. The molecule has 0 N–H and O–H groups in total. The Morgan fingerprint density at radius 1 is 1.26 bits per heavy atom. The molecule has 0 saturated heterocycles. The molecule has 2 heterocycles. The number of hydrogen-bond acceptors (Lipinski definition) is 5. The van der Waals surface area contributed by atoms with Crippen LogP contribution in [0.4, 0.5) is 5.69 Å². The van der Waals surface area contributed by atoms with Crippen molar-refractivity contribution in [1.82, 2.24) is 9.38 Å². The molecule has 7 heteroatoms. The summed E-state index contributed by atoms with van der Waals surface area (Å²) in [5, 5.41) is 10.8. The van der Waals surface area contributed by atoms with Crippen molar-refractivity contribution in [1.29, 1.82) is 0 Å². The highest BCUT2D eigenvalue weighted by molar-refractivity contribution is 5.44. The molecule has 2 aromatic heterocycles. The van der Waals surface area contributed by atoms with Gasteiger partial charge in [0.25, 0.3) is 11.2 Å². The first kappa shape index (κ1) is 14.7. The minimum Gasteiger partial charge on any atom is -0.487 e. The van der Waals surface area contributed by atoms with E-state index in [0.717, 1.165) is 0 Å². The van der Waals surface area contributed by atoms with Gasteiger partial charge in [0, 0.05) is 23.9 Å². The molecule has 1 aromatic carbocycles. The van der Waals surface area contributed by atoms with Crippen molar-refractivity contribution in [3.63, 3.8) is 0 Å². The number of benzene rings is 1. The van der Waals surface area contributed by atoms with Gasteiger partial charge in [0.2, 0.25) is 0 Å². The first-order valence-corrected chi connectivity index (χ1v) is 6.90. The first-order valence-electron chi connectivity index (χ1n) is 6.90. The van der Waals surface area contributed by atoms with Gasteiger partial charge in [-0.3, -0.25) is 19.3 Å². The molecule has 0 aliphatic rings. The standard InChI is InChI=1S/C16H13N3O4/c1-11-8-13(5-6-14(11)19(21)22)23-10-12-9-16(20)18-7-3-2-4-15(18)17-12/h2-9H,10H2,1H3. The summed E-state index contributed by atoms with van der Waals surface area (Å²) in [6, 6.07) is 11.2. The van der Waals surface area contributed by atoms with E-state index in [4.69, 9.17) is 4.74 Å². The number of nitro groups is 1. The van der Waals surface area contributed by atoms with Crippen LogP contribution in [0.25, 0.3) is 5.65 Å². The Balaban J connectivity index is 1.82. The predicted molar refractivity (Wildman–Crippen MR) is 83.6 cm³/mol. The van der Waals surface area contributed by atoms with Crippen molar-refractivity contribution < 1.29 is 9.66 Å². The van der Waals surface area contributed by atoms with Crippen LogP contribution in [-0.2, 0) is 6.61 Å². The fraction of sp³-hybridized carbons (Fsp3) is 0.125. The van der Waals surface area contributed by atoms with Crippen LogP contribution >= 0.6 is 0 Å². The van der Waals surface area contributed by atoms with Crippen LogP contribution in [0.1, 0.15) is 11.3 Å². The summed E-state index contributed by atoms with van der Waals surface area (Å²) in [5.41, 5.74) is 1.41. The Labute approximate surface area is 130 Å². The average molecular weight is 311 g/mol. The van der Waals surface area contributed by atoms with E-state index in [1.165, 1.54) is 22.6 Å². The molecular formula is C16H13N3O4. The molecule has 0 spiro atoms. The maximum absolute atomic E-state index is 12.0. The van der Waals surface area contributed by atoms with Crippen LogP contribution in [0, 0.1) is 17.0 Å². The molecule has 3 rings (SSSR count). The first-order chi connectivity index (χ1) is 11.0. The van der Waals surface area contributed by atoms with Crippen LogP contribution in [0.5, 0.6) is 5.75 Å². The monoisotopic (exact) mass is 311 g/mol. The lowest BCUT2D eigenvalue weighted by molar-refractivity contribution is -0.385. The van der Waals surface area contributed by atoms with Crippen molar-refractivity contribution >= 4 is 11.3 Å². The minimum absolute atomic E-state index is 0.0411. The Kier molecular flexibility index (Phi) is 3.76. The van der Waals surface area contributed by atoms with Crippen LogP contribution in [0.3, 0.4) is 0 Å². The second kappa shape index (κ2) is 5.88. The third kappa shape index (κ3) is 3.03. The van der Waals surface area contributed by atoms with Gasteiger partial charge >= 0.3 is 0 Å². The third-order valence-electron chi connectivity index (χ3n) is 3.38. The largest absolute Gasteiger partial charge is 0.487 e. The fourth-order valence-corrected chi connectivity index (χ4v) is 2.26. The molecule has 0 atom stereocenters. The molecule has 116 valence electrons. The highest BCUT2D eigenvalue weighted by Gasteiger charge is 2.11. The maximum Gasteiger partial charge on any atom is 0.272 e. The van der Waals surface area contributed by atoms with Crippen molar-refractivity contribution in [3.05, 3.63) is 80.4 Å². The molecule has 0 aliphatic heterocycles. The Morgan fingerprint density at radius 3 is 2.83 bits per heavy atom. The van der Waals surface area contributed by atoms with Gasteiger partial charge in [-0.25, -0.2) is 4.98 Å². The van der Waals surface area contributed by atoms with Crippen molar-refractivity contribution in [2.45, 2.75) is 13.5 Å². The topological polar surface area (TPSA) is 86.7 Å². The minimum atomic E-state index is -0.440. The van der Waals surface area contributed by atoms with Gasteiger partial charge in [0.05, 0.1) is 10.6 Å². The van der Waals surface area contributed by atoms with Crippen molar-refractivity contribution in [2.24, 2.45) is 0 Å². The zero-order valence-corrected chi connectivity index (χ0v) is 12.3. The predicted octanol–water partition coefficient (Wildman–Crippen LogP) is 2.49. The lowest BCUT2D eigenvalue weighted by atomic mass is 10.2. The molecule has 3 aromatic rings. The summed E-state index contributed by atoms with van der Waals surface area (Å²) < 4.78 is 7.02. The summed E-state index contributed by atoms with van der Waals surface area (Å²) >= 11 is 0. The summed E-state index contributed by atoms with van der Waals surface area (Å²) in [5.74, 6) is 0.489. The van der Waals surface area contributed by atoms with E-state index in [2.05, 4.69) is 4.98 Å². The summed E-state index contributed by atoms with van der Waals surface area (Å²) in [4.78, 5) is 26.7. The van der Waals surface area contributed by atoms with Gasteiger partial charge in [0.15, 0.2) is 0 Å². The molecule has 0 bridgehead atoms. The number of nitrogens with zero attached hydrogens (tertiary/aromatic N) is 3. The summed E-state index contributed by atoms with van der Waals surface area (Å²) in [6.07, 6.45) is 1.65. The number of fused-ring (bicyclic) bond motifs is 1. The quantitative estimate of drug-likeness (QED) is 0.545. The molecule has 23 heavy (non-hydrogen) atoms. The molecule has 0 aliphatic carbocycles. The molecule has 0 fully saturated rings. The second-order valence-corrected chi connectivity index (χ2v) is 5.01. The van der Waals surface area contributed by atoms with Gasteiger partial charge in [-0.1, -0.05) is 6.07 Å². The Morgan fingerprint density at radius 2 is 2.09 bits per heavy atom. The van der Waals surface area contributed by atoms with Gasteiger partial charge in [-0.2, -0.15) is 0 Å². The summed E-state index contributed by atoms with van der Waals surface area (Å²) in [6.45, 7) is 1.75. The van der Waals surface area contributed by atoms with E-state index < -0.39 is 4.92 Å². The molecule has 7 nitrogen and oxygen atoms in total. The average Bonchev–Trinajstić information content (AvgIpc) is 2.53. The SMILES string of the molecule is Cc1cc(OCc2cc(=O)n3ccccc3n2)ccc1[N+](=O)[O-]. The van der Waals surface area contributed by atoms with Gasteiger partial charge in [0.1, 0.15) is 18.0 Å². The van der Waals surface area contributed by atoms with Crippen molar-refractivity contribution in [3.8, 4) is 5.75 Å². The Bertz CT molecular complexity index is 949. The number of aryl methyl sites for hydroxylation is 1. The number of rotatable bonds is 4. The van der Waals surface area contributed by atoms with Gasteiger partial charge < -0.3 is 4.74 Å². The lowest BCUT2D eigenvalue weighted by Crippen LogP contribution is -2.16. The molecular weight excluding hydrogens is 298 g/mol. The van der Waals surface area contributed by atoms with E-state index in [9.17, 15) is 14.9 Å². The maximum atomic E-state index is 12.0. The van der Waals surface area contributed by atoms with E-state index in [0.29, 0.717) is 22.7 Å². The van der Waals surface area contributed by atoms with Crippen LogP contribution in [-0.4, -0.2) is 14.3 Å². The lowest BCUT2D eigenvalue weighted by Gasteiger charge is -2.07. The van der Waals surface area contributed by atoms with E-state index in [-0.39, 0.29) is 17.9 Å². The normalized spacial score (nSPS) is 10.7. The van der Waals surface area contributed by atoms with Crippen LogP contribution in [0.2, 0.25) is 0 Å². The number of pyridine rings is 1. The summed E-state index contributed by atoms with van der Waals surface area (Å²) in [7, 11) is 0. The number of ether oxygens (including phenoxy) is 1. The number of aromatic nitrogens is 2. The van der Waals surface area contributed by atoms with Crippen LogP contribution in [0.15, 0.2) is 53.5 Å². The molecule has 0 radical (unpaired) electrons. The highest BCUT2D eigenvalue weighted by atomic mass is 16.6. The molecule has 0 amide bonds. The van der Waals surface area contributed by atoms with Crippen molar-refractivity contribution in [2.75, 3.05) is 0 Å². The third-order valence-corrected chi connectivity index (χ3v) is 3.38.